The van der Waals surface area contributed by atoms with Crippen LogP contribution in [0.3, 0.4) is 0 Å². The fourth-order valence-electron chi connectivity index (χ4n) is 2.30. The fraction of sp³-hybridized carbons (Fsp3) is 0.556. The highest BCUT2D eigenvalue weighted by atomic mass is 32.1. The van der Waals surface area contributed by atoms with Crippen molar-refractivity contribution in [3.05, 3.63) is 33.3 Å². The third-order valence-corrected chi connectivity index (χ3v) is 4.95. The number of aldehydes is 1. The van der Waals surface area contributed by atoms with Gasteiger partial charge in [0.15, 0.2) is 0 Å². The molecule has 0 fully saturated rings. The maximum absolute atomic E-state index is 10.6. The number of rotatable bonds is 10. The number of hydrogen-bond donors (Lipinski definition) is 0. The van der Waals surface area contributed by atoms with Crippen LogP contribution in [0.1, 0.15) is 57.2 Å². The lowest BCUT2D eigenvalue weighted by Crippen LogP contribution is -2.08. The van der Waals surface area contributed by atoms with Crippen LogP contribution in [0, 0.1) is 12.8 Å². The Hall–Kier alpha value is -0.130. The molecule has 0 aliphatic heterocycles. The van der Waals surface area contributed by atoms with Gasteiger partial charge in [0.05, 0.1) is 16.8 Å². The molecule has 1 rings (SSSR count). The van der Waals surface area contributed by atoms with E-state index in [0.717, 1.165) is 42.7 Å². The van der Waals surface area contributed by atoms with E-state index in [1.807, 2.05) is 13.8 Å². The SMILES string of the molecule is C/C(=C/C[C@H](OP)/C(C)=C/c1csc(C)n1)CCC[C@H](C)C=O.S.S. The summed E-state index contributed by atoms with van der Waals surface area (Å²) in [6.07, 6.45) is 9.32. The van der Waals surface area contributed by atoms with Gasteiger partial charge in [0.2, 0.25) is 0 Å². The van der Waals surface area contributed by atoms with Gasteiger partial charge < -0.3 is 9.32 Å². The summed E-state index contributed by atoms with van der Waals surface area (Å²) in [5, 5.41) is 3.14. The van der Waals surface area contributed by atoms with Crippen LogP contribution in [-0.2, 0) is 9.32 Å². The van der Waals surface area contributed by atoms with E-state index in [1.54, 1.807) is 11.3 Å². The van der Waals surface area contributed by atoms with Crippen molar-refractivity contribution < 1.29 is 9.32 Å². The standard InChI is InChI=1S/C18H28NO2PS.2H2S/c1-13(6-5-7-14(2)11-20)8-9-18(21-22)15(3)10-17-12-23-16(4)19-17;;/h8,10-12,14,18H,5-7,9,22H2,1-4H3;2*1H2/b13-8-,15-10+;;/t14-,18-;;/m0../s1. The molecule has 0 saturated heterocycles. The number of aromatic nitrogens is 1. The molecule has 3 atom stereocenters. The Balaban J connectivity index is 0. The van der Waals surface area contributed by atoms with Gasteiger partial charge in [-0.1, -0.05) is 18.6 Å². The molecule has 1 unspecified atom stereocenters. The first-order valence-electron chi connectivity index (χ1n) is 8.03. The van der Waals surface area contributed by atoms with E-state index in [2.05, 4.69) is 45.8 Å². The number of thiazole rings is 1. The molecule has 1 aromatic heterocycles. The van der Waals surface area contributed by atoms with Crippen LogP contribution in [0.25, 0.3) is 6.08 Å². The Morgan fingerprint density at radius 3 is 2.60 bits per heavy atom. The molecular weight excluding hydrogens is 389 g/mol. The Labute approximate surface area is 172 Å². The van der Waals surface area contributed by atoms with E-state index in [-0.39, 0.29) is 39.0 Å². The van der Waals surface area contributed by atoms with E-state index in [1.165, 1.54) is 11.1 Å². The summed E-state index contributed by atoms with van der Waals surface area (Å²) in [7, 11) is 2.37. The van der Waals surface area contributed by atoms with Crippen LogP contribution >= 0.6 is 47.8 Å². The summed E-state index contributed by atoms with van der Waals surface area (Å²) >= 11 is 1.66. The van der Waals surface area contributed by atoms with Gasteiger partial charge in [0.1, 0.15) is 6.29 Å². The van der Waals surface area contributed by atoms with Crippen molar-refractivity contribution in [1.29, 1.82) is 0 Å². The number of aryl methyl sites for hydroxylation is 1. The molecule has 1 aromatic rings. The highest BCUT2D eigenvalue weighted by molar-refractivity contribution is 7.59. The van der Waals surface area contributed by atoms with E-state index >= 15 is 0 Å². The van der Waals surface area contributed by atoms with Gasteiger partial charge in [0, 0.05) is 20.8 Å². The maximum Gasteiger partial charge on any atom is 0.122 e. The lowest BCUT2D eigenvalue weighted by molar-refractivity contribution is -0.110. The number of carbonyl (C=O) groups is 1. The molecule has 144 valence electrons. The average Bonchev–Trinajstić information content (AvgIpc) is 2.92. The van der Waals surface area contributed by atoms with Crippen molar-refractivity contribution in [2.45, 2.75) is 59.5 Å². The summed E-state index contributed by atoms with van der Waals surface area (Å²) in [6.45, 7) is 8.21. The van der Waals surface area contributed by atoms with E-state index < -0.39 is 0 Å². The zero-order valence-electron chi connectivity index (χ0n) is 15.5. The predicted octanol–water partition coefficient (Wildman–Crippen LogP) is 5.60. The first-order chi connectivity index (χ1) is 11.0. The van der Waals surface area contributed by atoms with Gasteiger partial charge >= 0.3 is 0 Å². The van der Waals surface area contributed by atoms with Gasteiger partial charge in [-0.15, -0.1) is 11.3 Å². The maximum atomic E-state index is 10.6. The first kappa shape index (κ1) is 27.1. The minimum Gasteiger partial charge on any atom is -0.358 e. The Kier molecular flexibility index (Phi) is 16.2. The van der Waals surface area contributed by atoms with Crippen LogP contribution in [0.15, 0.2) is 22.6 Å². The molecule has 0 N–H and O–H groups in total. The molecule has 1 heterocycles. The van der Waals surface area contributed by atoms with E-state index in [9.17, 15) is 4.79 Å². The highest BCUT2D eigenvalue weighted by Gasteiger charge is 2.09. The van der Waals surface area contributed by atoms with Gasteiger partial charge in [-0.3, -0.25) is 0 Å². The summed E-state index contributed by atoms with van der Waals surface area (Å²) in [5.74, 6) is 0.165. The Morgan fingerprint density at radius 1 is 1.40 bits per heavy atom. The predicted molar refractivity (Wildman–Crippen MR) is 123 cm³/mol. The lowest BCUT2D eigenvalue weighted by Gasteiger charge is -2.14. The second-order valence-electron chi connectivity index (χ2n) is 6.10. The van der Waals surface area contributed by atoms with Gasteiger partial charge in [-0.2, -0.15) is 27.0 Å². The van der Waals surface area contributed by atoms with Crippen LogP contribution in [0.4, 0.5) is 0 Å². The number of nitrogens with zero attached hydrogens (tertiary/aromatic N) is 1. The summed E-state index contributed by atoms with van der Waals surface area (Å²) < 4.78 is 5.53. The van der Waals surface area contributed by atoms with Crippen molar-refractivity contribution in [3.63, 3.8) is 0 Å². The average molecular weight is 422 g/mol. The summed E-state index contributed by atoms with van der Waals surface area (Å²) in [6, 6.07) is 0. The molecule has 3 nitrogen and oxygen atoms in total. The quantitative estimate of drug-likeness (QED) is 0.280. The number of hydrogen-bond acceptors (Lipinski definition) is 4. The Bertz CT molecular complexity index is 558. The third-order valence-electron chi connectivity index (χ3n) is 3.83. The summed E-state index contributed by atoms with van der Waals surface area (Å²) in [4.78, 5) is 15.1. The van der Waals surface area contributed by atoms with Gasteiger partial charge in [-0.05, 0) is 58.1 Å². The molecule has 0 bridgehead atoms. The number of carbonyl (C=O) groups excluding carboxylic acids is 1. The van der Waals surface area contributed by atoms with Crippen molar-refractivity contribution in [1.82, 2.24) is 4.98 Å². The summed E-state index contributed by atoms with van der Waals surface area (Å²) in [5.41, 5.74) is 3.52. The van der Waals surface area contributed by atoms with Gasteiger partial charge in [-0.25, -0.2) is 4.98 Å². The largest absolute Gasteiger partial charge is 0.358 e. The molecule has 25 heavy (non-hydrogen) atoms. The third kappa shape index (κ3) is 11.2. The molecule has 0 aliphatic carbocycles. The van der Waals surface area contributed by atoms with Gasteiger partial charge in [0.25, 0.3) is 0 Å². The molecule has 0 saturated carbocycles. The normalized spacial score (nSPS) is 14.3. The fourth-order valence-corrected chi connectivity index (χ4v) is 3.20. The minimum atomic E-state index is 0. The van der Waals surface area contributed by atoms with Crippen molar-refractivity contribution in [2.24, 2.45) is 5.92 Å². The van der Waals surface area contributed by atoms with Crippen LogP contribution in [0.2, 0.25) is 0 Å². The second kappa shape index (κ2) is 15.0. The van der Waals surface area contributed by atoms with Crippen molar-refractivity contribution >= 4 is 60.2 Å². The van der Waals surface area contributed by atoms with Crippen LogP contribution in [0.5, 0.6) is 0 Å². The topological polar surface area (TPSA) is 39.2 Å². The molecule has 0 aromatic carbocycles. The molecule has 7 heteroatoms. The zero-order chi connectivity index (χ0) is 17.2. The zero-order valence-corrected chi connectivity index (χ0v) is 19.5. The van der Waals surface area contributed by atoms with E-state index in [0.29, 0.717) is 0 Å². The smallest absolute Gasteiger partial charge is 0.122 e. The van der Waals surface area contributed by atoms with E-state index in [4.69, 9.17) is 4.52 Å². The molecule has 0 spiro atoms. The monoisotopic (exact) mass is 421 g/mol. The van der Waals surface area contributed by atoms with Crippen molar-refractivity contribution in [2.75, 3.05) is 0 Å². The number of allylic oxidation sites excluding steroid dienone is 1. The molecule has 0 radical (unpaired) electrons. The Morgan fingerprint density at radius 2 is 2.08 bits per heavy atom. The molecule has 0 amide bonds. The highest BCUT2D eigenvalue weighted by Crippen LogP contribution is 2.20. The minimum absolute atomic E-state index is 0. The first-order valence-corrected chi connectivity index (χ1v) is 9.38. The van der Waals surface area contributed by atoms with Crippen LogP contribution < -0.4 is 0 Å². The van der Waals surface area contributed by atoms with Crippen molar-refractivity contribution in [3.8, 4) is 0 Å². The lowest BCUT2D eigenvalue weighted by atomic mass is 10.0. The van der Waals surface area contributed by atoms with Crippen LogP contribution in [-0.4, -0.2) is 17.4 Å². The molecular formula is C18H32NO2PS3. The molecule has 0 aliphatic rings. The second-order valence-corrected chi connectivity index (χ2v) is 7.43.